The number of amides is 1. The number of amidine groups is 1. The van der Waals surface area contributed by atoms with Crippen molar-refractivity contribution in [2.45, 2.75) is 38.2 Å². The lowest BCUT2D eigenvalue weighted by Gasteiger charge is -2.15. The Labute approximate surface area is 209 Å². The topological polar surface area (TPSA) is 126 Å². The molecule has 3 aromatic rings. The Kier molecular flexibility index (Phi) is 7.15. The van der Waals surface area contributed by atoms with Crippen molar-refractivity contribution in [2.75, 3.05) is 0 Å². The number of hydrogen-bond acceptors (Lipinski definition) is 6. The molecular weight excluding hydrogens is 456 g/mol. The van der Waals surface area contributed by atoms with Crippen molar-refractivity contribution in [3.05, 3.63) is 90.0 Å². The number of hydrazone groups is 1. The molecule has 36 heavy (non-hydrogen) atoms. The van der Waals surface area contributed by atoms with E-state index in [4.69, 9.17) is 10.6 Å². The summed E-state index contributed by atoms with van der Waals surface area (Å²) in [5, 5.41) is 15.8. The molecule has 1 amide bonds. The molecule has 1 aliphatic carbocycles. The molecule has 0 heterocycles. The minimum atomic E-state index is -0.778. The number of carbonyl (C=O) groups excluding carboxylic acids is 1. The molecule has 1 fully saturated rings. The summed E-state index contributed by atoms with van der Waals surface area (Å²) in [5.74, 6) is 4.86. The number of carbonyl (C=O) groups is 2. The van der Waals surface area contributed by atoms with E-state index in [0.29, 0.717) is 24.2 Å². The van der Waals surface area contributed by atoms with Gasteiger partial charge >= 0.3 is 12.1 Å². The van der Waals surface area contributed by atoms with Gasteiger partial charge in [-0.25, -0.2) is 9.79 Å². The Morgan fingerprint density at radius 1 is 1.00 bits per heavy atom. The second-order valence-corrected chi connectivity index (χ2v) is 8.77. The van der Waals surface area contributed by atoms with Gasteiger partial charge in [0.15, 0.2) is 5.84 Å². The fourth-order valence-electron chi connectivity index (χ4n) is 3.96. The first-order valence-corrected chi connectivity index (χ1v) is 11.6. The molecule has 1 aliphatic rings. The molecule has 184 valence electrons. The first kappa shape index (κ1) is 24.7. The van der Waals surface area contributed by atoms with Gasteiger partial charge in [-0.3, -0.25) is 10.1 Å². The van der Waals surface area contributed by atoms with Gasteiger partial charge < -0.3 is 15.7 Å². The average Bonchev–Trinajstić information content (AvgIpc) is 3.71. The fraction of sp³-hybridized carbons (Fsp3) is 0.214. The van der Waals surface area contributed by atoms with Crippen LogP contribution < -0.4 is 11.2 Å². The normalized spacial score (nSPS) is 15.6. The van der Waals surface area contributed by atoms with Crippen LogP contribution in [-0.2, 0) is 14.9 Å². The van der Waals surface area contributed by atoms with E-state index in [9.17, 15) is 14.7 Å². The Morgan fingerprint density at radius 2 is 1.69 bits per heavy atom. The third kappa shape index (κ3) is 5.43. The Balaban J connectivity index is 1.52. The minimum absolute atomic E-state index is 0.174. The number of alkyl carbamates (subject to hydrolysis) is 1. The quantitative estimate of drug-likeness (QED) is 0.181. The molecule has 0 bridgehead atoms. The van der Waals surface area contributed by atoms with E-state index in [1.807, 2.05) is 72.8 Å². The largest absolute Gasteiger partial charge is 0.481 e. The monoisotopic (exact) mass is 484 g/mol. The first-order valence-electron chi connectivity index (χ1n) is 11.6. The summed E-state index contributed by atoms with van der Waals surface area (Å²) in [6.07, 6.45) is 0.198. The van der Waals surface area contributed by atoms with Crippen LogP contribution in [0.1, 0.15) is 43.9 Å². The van der Waals surface area contributed by atoms with Crippen LogP contribution in [-0.4, -0.2) is 28.7 Å². The van der Waals surface area contributed by atoms with Gasteiger partial charge in [-0.05, 0) is 61.1 Å². The maximum absolute atomic E-state index is 12.6. The number of nitrogens with one attached hydrogen (secondary N) is 1. The van der Waals surface area contributed by atoms with Crippen LogP contribution in [0.3, 0.4) is 0 Å². The highest BCUT2D eigenvalue weighted by molar-refractivity contribution is 6.43. The van der Waals surface area contributed by atoms with Crippen LogP contribution in [0.4, 0.5) is 10.5 Å². The highest BCUT2D eigenvalue weighted by atomic mass is 16.6. The van der Waals surface area contributed by atoms with Gasteiger partial charge in [-0.2, -0.15) is 5.10 Å². The number of aliphatic carboxylic acids is 1. The molecule has 8 heteroatoms. The van der Waals surface area contributed by atoms with E-state index < -0.39 is 23.6 Å². The van der Waals surface area contributed by atoms with Gasteiger partial charge in [-0.1, -0.05) is 66.7 Å². The number of ether oxygens (including phenoxy) is 1. The molecule has 1 saturated carbocycles. The summed E-state index contributed by atoms with van der Waals surface area (Å²) in [7, 11) is 0. The molecule has 0 saturated heterocycles. The molecule has 4 N–H and O–H groups in total. The summed E-state index contributed by atoms with van der Waals surface area (Å²) in [6.45, 7) is 3.42. The molecular formula is C28H28N4O4. The summed E-state index contributed by atoms with van der Waals surface area (Å²) in [4.78, 5) is 28.7. The zero-order valence-electron chi connectivity index (χ0n) is 20.1. The maximum atomic E-state index is 12.6. The van der Waals surface area contributed by atoms with Gasteiger partial charge in [0.25, 0.3) is 0 Å². The third-order valence-corrected chi connectivity index (χ3v) is 6.33. The maximum Gasteiger partial charge on any atom is 0.413 e. The standard InChI is InChI=1S/C28H28N4O4/c1-18(32-29)25(31-27(35)36-19(2)20-7-4-3-5-8-20)30-24-10-6-9-22(17-24)21-11-13-23(14-12-21)28(15-16-28)26(33)34/h3-14,17,19H,15-16,29H2,1-2H3,(H,33,34)(H,30,31,35)/b32-18-/t19-/m1/s1. The smallest absolute Gasteiger partial charge is 0.413 e. The lowest BCUT2D eigenvalue weighted by Crippen LogP contribution is -2.36. The number of nitrogens with two attached hydrogens (primary N) is 1. The van der Waals surface area contributed by atoms with E-state index in [-0.39, 0.29) is 5.84 Å². The number of carboxylic acid groups (broad SMARTS) is 1. The van der Waals surface area contributed by atoms with E-state index in [0.717, 1.165) is 22.3 Å². The van der Waals surface area contributed by atoms with Crippen molar-refractivity contribution in [1.29, 1.82) is 0 Å². The van der Waals surface area contributed by atoms with Crippen LogP contribution in [0.5, 0.6) is 0 Å². The van der Waals surface area contributed by atoms with Crippen LogP contribution in [0.15, 0.2) is 89.0 Å². The summed E-state index contributed by atoms with van der Waals surface area (Å²) < 4.78 is 5.48. The average molecular weight is 485 g/mol. The van der Waals surface area contributed by atoms with E-state index >= 15 is 0 Å². The summed E-state index contributed by atoms with van der Waals surface area (Å²) in [6, 6.07) is 24.4. The second-order valence-electron chi connectivity index (χ2n) is 8.77. The van der Waals surface area contributed by atoms with Gasteiger partial charge in [0.05, 0.1) is 16.8 Å². The first-order chi connectivity index (χ1) is 17.3. The van der Waals surface area contributed by atoms with Gasteiger partial charge in [0, 0.05) is 0 Å². The fourth-order valence-corrected chi connectivity index (χ4v) is 3.96. The second kappa shape index (κ2) is 10.4. The van der Waals surface area contributed by atoms with Crippen molar-refractivity contribution < 1.29 is 19.4 Å². The predicted molar refractivity (Wildman–Crippen MR) is 139 cm³/mol. The zero-order valence-corrected chi connectivity index (χ0v) is 20.1. The number of nitrogens with zero attached hydrogens (tertiary/aromatic N) is 2. The van der Waals surface area contributed by atoms with Gasteiger partial charge in [-0.15, -0.1) is 0 Å². The van der Waals surface area contributed by atoms with Crippen LogP contribution in [0.2, 0.25) is 0 Å². The van der Waals surface area contributed by atoms with Gasteiger partial charge in [0.1, 0.15) is 6.10 Å². The molecule has 8 nitrogen and oxygen atoms in total. The summed E-state index contributed by atoms with van der Waals surface area (Å²) in [5.41, 5.74) is 3.67. The number of hydrogen-bond donors (Lipinski definition) is 3. The highest BCUT2D eigenvalue weighted by Crippen LogP contribution is 2.48. The van der Waals surface area contributed by atoms with Gasteiger partial charge in [0.2, 0.25) is 0 Å². The number of rotatable bonds is 7. The molecule has 0 radical (unpaired) electrons. The summed E-state index contributed by atoms with van der Waals surface area (Å²) >= 11 is 0. The Morgan fingerprint density at radius 3 is 2.31 bits per heavy atom. The zero-order chi connectivity index (χ0) is 25.7. The minimum Gasteiger partial charge on any atom is -0.481 e. The molecule has 3 aromatic carbocycles. The van der Waals surface area contributed by atoms with Crippen molar-refractivity contribution in [3.63, 3.8) is 0 Å². The lowest BCUT2D eigenvalue weighted by molar-refractivity contribution is -0.140. The number of aliphatic imine (C=N–C) groups is 1. The molecule has 0 unspecified atom stereocenters. The van der Waals surface area contributed by atoms with Crippen LogP contribution >= 0.6 is 0 Å². The van der Waals surface area contributed by atoms with Crippen molar-refractivity contribution in [3.8, 4) is 11.1 Å². The predicted octanol–water partition coefficient (Wildman–Crippen LogP) is 5.32. The van der Waals surface area contributed by atoms with E-state index in [1.165, 1.54) is 0 Å². The van der Waals surface area contributed by atoms with Crippen molar-refractivity contribution >= 4 is 29.3 Å². The SMILES string of the molecule is C/C(=N/N)C(=Nc1cccc(-c2ccc(C3(C(=O)O)CC3)cc2)c1)NC(=O)O[C@H](C)c1ccccc1. The van der Waals surface area contributed by atoms with E-state index in [2.05, 4.69) is 15.4 Å². The molecule has 4 rings (SSSR count). The molecule has 0 aromatic heterocycles. The van der Waals surface area contributed by atoms with Crippen molar-refractivity contribution in [2.24, 2.45) is 15.9 Å². The number of carboxylic acids is 1. The molecule has 0 aliphatic heterocycles. The molecule has 1 atom stereocenters. The van der Waals surface area contributed by atoms with Crippen molar-refractivity contribution in [1.82, 2.24) is 5.32 Å². The number of benzene rings is 3. The third-order valence-electron chi connectivity index (χ3n) is 6.33. The molecule has 0 spiro atoms. The van der Waals surface area contributed by atoms with E-state index in [1.54, 1.807) is 19.9 Å². The van der Waals surface area contributed by atoms with Crippen LogP contribution in [0.25, 0.3) is 11.1 Å². The highest BCUT2D eigenvalue weighted by Gasteiger charge is 2.51. The Bertz CT molecular complexity index is 1310. The Hall–Kier alpha value is -4.46. The van der Waals surface area contributed by atoms with Crippen LogP contribution in [0, 0.1) is 0 Å². The lowest BCUT2D eigenvalue weighted by atomic mass is 9.94.